The van der Waals surface area contributed by atoms with E-state index in [0.717, 1.165) is 5.56 Å². The predicted molar refractivity (Wildman–Crippen MR) is 89.6 cm³/mol. The molecule has 0 atom stereocenters. The molecule has 1 aromatic carbocycles. The molecule has 1 N–H and O–H groups in total. The van der Waals surface area contributed by atoms with Gasteiger partial charge in [0.05, 0.1) is 6.54 Å². The lowest BCUT2D eigenvalue weighted by atomic mass is 10.2. The number of anilines is 1. The van der Waals surface area contributed by atoms with Gasteiger partial charge in [-0.3, -0.25) is 9.40 Å². The highest BCUT2D eigenvalue weighted by molar-refractivity contribution is 7.92. The van der Waals surface area contributed by atoms with Crippen LogP contribution in [0.2, 0.25) is 5.02 Å². The van der Waals surface area contributed by atoms with E-state index in [1.807, 2.05) is 12.1 Å². The average Bonchev–Trinajstić information content (AvgIpc) is 3.08. The fourth-order valence-electron chi connectivity index (χ4n) is 2.33. The standard InChI is InChI=1S/C15H15ClN4O3S/c1-10-15(11(2)23-18-10)24(21,22)19-14-7-8-20(17-14)9-12-3-5-13(16)6-4-12/h3-8H,9H2,1-2H3,(H,17,19). The van der Waals surface area contributed by atoms with Gasteiger partial charge in [-0.25, -0.2) is 8.42 Å². The fourth-order valence-corrected chi connectivity index (χ4v) is 3.78. The third-order valence-electron chi connectivity index (χ3n) is 3.37. The molecule has 3 aromatic rings. The summed E-state index contributed by atoms with van der Waals surface area (Å²) in [4.78, 5) is 0.0368. The van der Waals surface area contributed by atoms with Gasteiger partial charge >= 0.3 is 0 Å². The zero-order valence-electron chi connectivity index (χ0n) is 13.0. The third-order valence-corrected chi connectivity index (χ3v) is 5.22. The monoisotopic (exact) mass is 366 g/mol. The van der Waals surface area contributed by atoms with Gasteiger partial charge in [-0.1, -0.05) is 28.9 Å². The molecule has 24 heavy (non-hydrogen) atoms. The first-order valence-electron chi connectivity index (χ1n) is 7.09. The lowest BCUT2D eigenvalue weighted by Crippen LogP contribution is -2.15. The largest absolute Gasteiger partial charge is 0.360 e. The first kappa shape index (κ1) is 16.5. The van der Waals surface area contributed by atoms with Crippen molar-refractivity contribution >= 4 is 27.4 Å². The third kappa shape index (κ3) is 3.44. The van der Waals surface area contributed by atoms with E-state index < -0.39 is 10.0 Å². The maximum absolute atomic E-state index is 12.4. The lowest BCUT2D eigenvalue weighted by molar-refractivity contribution is 0.390. The van der Waals surface area contributed by atoms with E-state index >= 15 is 0 Å². The highest BCUT2D eigenvalue weighted by Crippen LogP contribution is 2.21. The average molecular weight is 367 g/mol. The summed E-state index contributed by atoms with van der Waals surface area (Å²) in [5.41, 5.74) is 1.31. The molecular weight excluding hydrogens is 352 g/mol. The number of aromatic nitrogens is 3. The molecule has 126 valence electrons. The topological polar surface area (TPSA) is 90.0 Å². The molecule has 7 nitrogen and oxygen atoms in total. The van der Waals surface area contributed by atoms with Crippen LogP contribution in [-0.4, -0.2) is 23.4 Å². The Balaban J connectivity index is 1.77. The van der Waals surface area contributed by atoms with Crippen molar-refractivity contribution in [2.75, 3.05) is 4.72 Å². The molecule has 0 fully saturated rings. The van der Waals surface area contributed by atoms with Gasteiger partial charge in [-0.05, 0) is 31.5 Å². The number of rotatable bonds is 5. The van der Waals surface area contributed by atoms with Gasteiger partial charge in [-0.2, -0.15) is 5.10 Å². The van der Waals surface area contributed by atoms with Crippen LogP contribution in [0.4, 0.5) is 5.82 Å². The normalized spacial score (nSPS) is 11.6. The molecule has 0 bridgehead atoms. The Hall–Kier alpha value is -2.32. The molecule has 0 amide bonds. The Kier molecular flexibility index (Phi) is 4.33. The Bertz CT molecular complexity index is 942. The van der Waals surface area contributed by atoms with Crippen molar-refractivity contribution in [1.82, 2.24) is 14.9 Å². The summed E-state index contributed by atoms with van der Waals surface area (Å²) in [6, 6.07) is 8.95. The van der Waals surface area contributed by atoms with Crippen LogP contribution >= 0.6 is 11.6 Å². The zero-order chi connectivity index (χ0) is 17.3. The van der Waals surface area contributed by atoms with Crippen LogP contribution in [-0.2, 0) is 16.6 Å². The summed E-state index contributed by atoms with van der Waals surface area (Å²) >= 11 is 5.85. The second-order valence-corrected chi connectivity index (χ2v) is 7.34. The molecular formula is C15H15ClN4O3S. The fraction of sp³-hybridized carbons (Fsp3) is 0.200. The van der Waals surface area contributed by atoms with Crippen LogP contribution in [0, 0.1) is 13.8 Å². The van der Waals surface area contributed by atoms with Gasteiger partial charge < -0.3 is 4.52 Å². The molecule has 2 aromatic heterocycles. The summed E-state index contributed by atoms with van der Waals surface area (Å²) in [5.74, 6) is 0.463. The van der Waals surface area contributed by atoms with Gasteiger partial charge in [0.2, 0.25) is 0 Å². The molecule has 2 heterocycles. The zero-order valence-corrected chi connectivity index (χ0v) is 14.6. The van der Waals surface area contributed by atoms with Crippen molar-refractivity contribution in [3.05, 3.63) is 58.6 Å². The molecule has 0 saturated heterocycles. The molecule has 0 spiro atoms. The van der Waals surface area contributed by atoms with E-state index in [4.69, 9.17) is 16.1 Å². The second kappa shape index (κ2) is 6.29. The summed E-state index contributed by atoms with van der Waals surface area (Å²) in [6.07, 6.45) is 1.69. The summed E-state index contributed by atoms with van der Waals surface area (Å²) < 4.78 is 33.8. The Morgan fingerprint density at radius 2 is 1.92 bits per heavy atom. The molecule has 9 heteroatoms. The molecule has 0 radical (unpaired) electrons. The first-order valence-corrected chi connectivity index (χ1v) is 8.95. The minimum Gasteiger partial charge on any atom is -0.360 e. The highest BCUT2D eigenvalue weighted by atomic mass is 35.5. The predicted octanol–water partition coefficient (Wildman–Crippen LogP) is 2.99. The number of nitrogens with zero attached hydrogens (tertiary/aromatic N) is 3. The van der Waals surface area contributed by atoms with Crippen LogP contribution in [0.3, 0.4) is 0 Å². The number of hydrogen-bond acceptors (Lipinski definition) is 5. The summed E-state index contributed by atoms with van der Waals surface area (Å²) in [5, 5.41) is 8.55. The van der Waals surface area contributed by atoms with Crippen LogP contribution in [0.5, 0.6) is 0 Å². The number of hydrogen-bond donors (Lipinski definition) is 1. The highest BCUT2D eigenvalue weighted by Gasteiger charge is 2.24. The van der Waals surface area contributed by atoms with Crippen molar-refractivity contribution in [1.29, 1.82) is 0 Å². The van der Waals surface area contributed by atoms with Crippen molar-refractivity contribution in [3.8, 4) is 0 Å². The van der Waals surface area contributed by atoms with Crippen molar-refractivity contribution in [2.24, 2.45) is 0 Å². The Morgan fingerprint density at radius 1 is 1.21 bits per heavy atom. The number of benzene rings is 1. The Morgan fingerprint density at radius 3 is 2.54 bits per heavy atom. The van der Waals surface area contributed by atoms with E-state index in [0.29, 0.717) is 17.3 Å². The van der Waals surface area contributed by atoms with Crippen molar-refractivity contribution < 1.29 is 12.9 Å². The molecule has 0 saturated carbocycles. The molecule has 0 aliphatic rings. The first-order chi connectivity index (χ1) is 11.3. The van der Waals surface area contributed by atoms with E-state index in [1.54, 1.807) is 42.9 Å². The van der Waals surface area contributed by atoms with Crippen molar-refractivity contribution in [3.63, 3.8) is 0 Å². The molecule has 0 unspecified atom stereocenters. The minimum atomic E-state index is -3.80. The smallest absolute Gasteiger partial charge is 0.268 e. The minimum absolute atomic E-state index is 0.0368. The summed E-state index contributed by atoms with van der Waals surface area (Å²) in [7, 11) is -3.80. The van der Waals surface area contributed by atoms with Crippen LogP contribution in [0.15, 0.2) is 45.9 Å². The maximum Gasteiger partial charge on any atom is 0.268 e. The van der Waals surface area contributed by atoms with Crippen LogP contribution < -0.4 is 4.72 Å². The van der Waals surface area contributed by atoms with Gasteiger partial charge in [0.25, 0.3) is 10.0 Å². The quantitative estimate of drug-likeness (QED) is 0.749. The second-order valence-electron chi connectivity index (χ2n) is 5.28. The molecule has 0 aliphatic carbocycles. The summed E-state index contributed by atoms with van der Waals surface area (Å²) in [6.45, 7) is 3.63. The van der Waals surface area contributed by atoms with Crippen LogP contribution in [0.25, 0.3) is 0 Å². The number of nitrogens with one attached hydrogen (secondary N) is 1. The van der Waals surface area contributed by atoms with Gasteiger partial charge in [0.1, 0.15) is 5.69 Å². The lowest BCUT2D eigenvalue weighted by Gasteiger charge is -2.05. The molecule has 3 rings (SSSR count). The van der Waals surface area contributed by atoms with Crippen molar-refractivity contribution in [2.45, 2.75) is 25.3 Å². The number of sulfonamides is 1. The van der Waals surface area contributed by atoms with E-state index in [1.165, 1.54) is 0 Å². The number of halogens is 1. The maximum atomic E-state index is 12.4. The van der Waals surface area contributed by atoms with Gasteiger partial charge in [0, 0.05) is 17.3 Å². The van der Waals surface area contributed by atoms with E-state index in [2.05, 4.69) is 15.0 Å². The Labute approximate surface area is 144 Å². The van der Waals surface area contributed by atoms with Gasteiger partial charge in [-0.15, -0.1) is 0 Å². The van der Waals surface area contributed by atoms with E-state index in [-0.39, 0.29) is 16.5 Å². The molecule has 0 aliphatic heterocycles. The number of aryl methyl sites for hydroxylation is 2. The van der Waals surface area contributed by atoms with E-state index in [9.17, 15) is 8.42 Å². The van der Waals surface area contributed by atoms with Crippen LogP contribution in [0.1, 0.15) is 17.0 Å². The van der Waals surface area contributed by atoms with Gasteiger partial charge in [0.15, 0.2) is 16.5 Å². The SMILES string of the molecule is Cc1noc(C)c1S(=O)(=O)Nc1ccn(Cc2ccc(Cl)cc2)n1.